The van der Waals surface area contributed by atoms with Crippen molar-refractivity contribution >= 4 is 29.2 Å². The van der Waals surface area contributed by atoms with E-state index in [0.29, 0.717) is 11.4 Å². The maximum atomic E-state index is 13.8. The van der Waals surface area contributed by atoms with Gasteiger partial charge in [-0.25, -0.2) is 9.18 Å². The topological polar surface area (TPSA) is 79.6 Å². The number of anilines is 1. The molecular formula is C19H16ClFN2O4. The van der Waals surface area contributed by atoms with Gasteiger partial charge in [-0.1, -0.05) is 29.8 Å². The molecule has 1 amide bonds. The second-order valence-electron chi connectivity index (χ2n) is 5.30. The number of nitriles is 1. The van der Waals surface area contributed by atoms with Crippen molar-refractivity contribution in [2.45, 2.75) is 6.42 Å². The summed E-state index contributed by atoms with van der Waals surface area (Å²) in [5.41, 5.74) is -0.00643. The van der Waals surface area contributed by atoms with Crippen molar-refractivity contribution < 1.29 is 23.5 Å². The zero-order valence-electron chi connectivity index (χ0n) is 14.4. The Morgan fingerprint density at radius 3 is 2.63 bits per heavy atom. The number of esters is 1. The first-order chi connectivity index (χ1) is 13.0. The van der Waals surface area contributed by atoms with Crippen LogP contribution in [0, 0.1) is 17.1 Å². The first-order valence-electron chi connectivity index (χ1n) is 7.91. The molecule has 0 bridgehead atoms. The summed E-state index contributed by atoms with van der Waals surface area (Å²) in [5.74, 6) is -2.06. The van der Waals surface area contributed by atoms with Crippen LogP contribution in [0.4, 0.5) is 10.1 Å². The molecule has 0 saturated carbocycles. The number of nitrogens with zero attached hydrogens (tertiary/aromatic N) is 2. The van der Waals surface area contributed by atoms with Crippen molar-refractivity contribution in [2.24, 2.45) is 0 Å². The van der Waals surface area contributed by atoms with E-state index in [4.69, 9.17) is 26.3 Å². The second-order valence-corrected chi connectivity index (χ2v) is 5.71. The number of carbonyl (C=O) groups is 2. The van der Waals surface area contributed by atoms with Crippen LogP contribution in [-0.2, 0) is 9.53 Å². The molecule has 2 rings (SSSR count). The minimum absolute atomic E-state index is 0.0663. The lowest BCUT2D eigenvalue weighted by Gasteiger charge is -2.23. The molecule has 0 aliphatic heterocycles. The highest BCUT2D eigenvalue weighted by Gasteiger charge is 2.23. The number of hydrogen-bond donors (Lipinski definition) is 0. The molecular weight excluding hydrogens is 375 g/mol. The third-order valence-corrected chi connectivity index (χ3v) is 3.93. The van der Waals surface area contributed by atoms with Gasteiger partial charge in [-0.3, -0.25) is 4.79 Å². The van der Waals surface area contributed by atoms with E-state index in [0.717, 1.165) is 6.07 Å². The zero-order valence-corrected chi connectivity index (χ0v) is 15.2. The lowest BCUT2D eigenvalue weighted by atomic mass is 10.2. The fourth-order valence-corrected chi connectivity index (χ4v) is 2.60. The second kappa shape index (κ2) is 9.55. The SMILES string of the molecule is COc1ccccc1N(CCC#N)C(=O)COC(=O)c1c(F)cccc1Cl. The Balaban J connectivity index is 2.17. The molecule has 0 unspecified atom stereocenters. The lowest BCUT2D eigenvalue weighted by Crippen LogP contribution is -2.35. The first kappa shape index (κ1) is 20.2. The summed E-state index contributed by atoms with van der Waals surface area (Å²) in [6.45, 7) is -0.569. The Morgan fingerprint density at radius 2 is 1.96 bits per heavy atom. The summed E-state index contributed by atoms with van der Waals surface area (Å²) < 4.78 is 23.9. The first-order valence-corrected chi connectivity index (χ1v) is 8.28. The number of amides is 1. The Kier molecular flexibility index (Phi) is 7.15. The largest absolute Gasteiger partial charge is 0.495 e. The van der Waals surface area contributed by atoms with E-state index in [1.54, 1.807) is 24.3 Å². The van der Waals surface area contributed by atoms with E-state index in [9.17, 15) is 14.0 Å². The number of halogens is 2. The molecule has 0 N–H and O–H groups in total. The molecule has 2 aromatic carbocycles. The van der Waals surface area contributed by atoms with Crippen molar-refractivity contribution in [3.05, 3.63) is 58.9 Å². The van der Waals surface area contributed by atoms with Crippen LogP contribution >= 0.6 is 11.6 Å². The van der Waals surface area contributed by atoms with Gasteiger partial charge in [0.2, 0.25) is 0 Å². The Bertz CT molecular complexity index is 862. The van der Waals surface area contributed by atoms with Gasteiger partial charge in [-0.05, 0) is 24.3 Å². The summed E-state index contributed by atoms with van der Waals surface area (Å²) in [7, 11) is 1.45. The molecule has 0 heterocycles. The summed E-state index contributed by atoms with van der Waals surface area (Å²) in [4.78, 5) is 25.9. The Morgan fingerprint density at radius 1 is 1.22 bits per heavy atom. The lowest BCUT2D eigenvalue weighted by molar-refractivity contribution is -0.121. The number of ether oxygens (including phenoxy) is 2. The van der Waals surface area contributed by atoms with Crippen LogP contribution in [0.2, 0.25) is 5.02 Å². The molecule has 2 aromatic rings. The summed E-state index contributed by atoms with van der Waals surface area (Å²) in [6.07, 6.45) is 0.0663. The van der Waals surface area contributed by atoms with Crippen LogP contribution in [0.25, 0.3) is 0 Å². The number of methoxy groups -OCH3 is 1. The predicted molar refractivity (Wildman–Crippen MR) is 97.3 cm³/mol. The van der Waals surface area contributed by atoms with E-state index < -0.39 is 29.9 Å². The average Bonchev–Trinajstić information content (AvgIpc) is 2.66. The van der Waals surface area contributed by atoms with Crippen LogP contribution in [0.5, 0.6) is 5.75 Å². The van der Waals surface area contributed by atoms with Crippen molar-refractivity contribution in [1.29, 1.82) is 5.26 Å². The standard InChI is InChI=1S/C19H16ClFN2O4/c1-26-16-9-3-2-8-15(16)23(11-5-10-22)17(24)12-27-19(25)18-13(20)6-4-7-14(18)21/h2-4,6-9H,5,11-12H2,1H3. The van der Waals surface area contributed by atoms with Gasteiger partial charge in [0.05, 0.1) is 30.3 Å². The Labute approximate surface area is 160 Å². The van der Waals surface area contributed by atoms with Crippen LogP contribution < -0.4 is 9.64 Å². The number of carbonyl (C=O) groups excluding carboxylic acids is 2. The molecule has 0 aromatic heterocycles. The monoisotopic (exact) mass is 390 g/mol. The predicted octanol–water partition coefficient (Wildman–Crippen LogP) is 3.59. The van der Waals surface area contributed by atoms with Gasteiger partial charge in [0.25, 0.3) is 5.91 Å². The molecule has 27 heavy (non-hydrogen) atoms. The summed E-state index contributed by atoms with van der Waals surface area (Å²) in [6, 6.07) is 12.5. The number of hydrogen-bond acceptors (Lipinski definition) is 5. The molecule has 0 aliphatic carbocycles. The maximum absolute atomic E-state index is 13.8. The number of benzene rings is 2. The van der Waals surface area contributed by atoms with E-state index in [1.807, 2.05) is 6.07 Å². The van der Waals surface area contributed by atoms with Crippen LogP contribution in [0.3, 0.4) is 0 Å². The fourth-order valence-electron chi connectivity index (χ4n) is 2.36. The van der Waals surface area contributed by atoms with E-state index in [2.05, 4.69) is 0 Å². The summed E-state index contributed by atoms with van der Waals surface area (Å²) in [5, 5.41) is 8.72. The minimum Gasteiger partial charge on any atom is -0.495 e. The minimum atomic E-state index is -1.05. The van der Waals surface area contributed by atoms with Gasteiger partial charge >= 0.3 is 5.97 Å². The van der Waals surface area contributed by atoms with Crippen LogP contribution in [0.15, 0.2) is 42.5 Å². The normalized spacial score (nSPS) is 10.0. The zero-order chi connectivity index (χ0) is 19.8. The average molecular weight is 391 g/mol. The molecule has 0 spiro atoms. The molecule has 0 aliphatic rings. The molecule has 0 radical (unpaired) electrons. The van der Waals surface area contributed by atoms with Gasteiger partial charge in [0.15, 0.2) is 6.61 Å². The highest BCUT2D eigenvalue weighted by Crippen LogP contribution is 2.28. The summed E-state index contributed by atoms with van der Waals surface area (Å²) >= 11 is 5.82. The molecule has 6 nitrogen and oxygen atoms in total. The van der Waals surface area contributed by atoms with Gasteiger partial charge in [-0.15, -0.1) is 0 Å². The van der Waals surface area contributed by atoms with E-state index in [1.165, 1.54) is 24.1 Å². The third kappa shape index (κ3) is 4.96. The number of rotatable bonds is 7. The molecule has 0 atom stereocenters. The van der Waals surface area contributed by atoms with Gasteiger partial charge in [0, 0.05) is 6.54 Å². The highest BCUT2D eigenvalue weighted by atomic mass is 35.5. The van der Waals surface area contributed by atoms with E-state index >= 15 is 0 Å². The smallest absolute Gasteiger partial charge is 0.343 e. The van der Waals surface area contributed by atoms with Crippen molar-refractivity contribution in [2.75, 3.05) is 25.2 Å². The van der Waals surface area contributed by atoms with E-state index in [-0.39, 0.29) is 18.0 Å². The quantitative estimate of drug-likeness (QED) is 0.675. The highest BCUT2D eigenvalue weighted by molar-refractivity contribution is 6.33. The van der Waals surface area contributed by atoms with Crippen molar-refractivity contribution in [1.82, 2.24) is 0 Å². The molecule has 0 saturated heterocycles. The van der Waals surface area contributed by atoms with Gasteiger partial charge in [-0.2, -0.15) is 5.26 Å². The number of para-hydroxylation sites is 2. The van der Waals surface area contributed by atoms with Crippen molar-refractivity contribution in [3.63, 3.8) is 0 Å². The molecule has 0 fully saturated rings. The molecule has 140 valence electrons. The van der Waals surface area contributed by atoms with Crippen LogP contribution in [0.1, 0.15) is 16.8 Å². The Hall–Kier alpha value is -3.11. The third-order valence-electron chi connectivity index (χ3n) is 3.62. The maximum Gasteiger partial charge on any atom is 0.343 e. The fraction of sp³-hybridized carbons (Fsp3) is 0.211. The van der Waals surface area contributed by atoms with Gasteiger partial charge in [0.1, 0.15) is 17.1 Å². The molecule has 8 heteroatoms. The van der Waals surface area contributed by atoms with Crippen molar-refractivity contribution in [3.8, 4) is 11.8 Å². The van der Waals surface area contributed by atoms with Crippen LogP contribution in [-0.4, -0.2) is 32.1 Å². The van der Waals surface area contributed by atoms with Gasteiger partial charge < -0.3 is 14.4 Å².